The summed E-state index contributed by atoms with van der Waals surface area (Å²) < 4.78 is 26.6. The number of hydrogen-bond acceptors (Lipinski definition) is 3. The average Bonchev–Trinajstić information content (AvgIpc) is 2.46. The molecule has 2 rings (SSSR count). The fourth-order valence-electron chi connectivity index (χ4n) is 3.23. The zero-order chi connectivity index (χ0) is 13.7. The Labute approximate surface area is 118 Å². The Morgan fingerprint density at radius 3 is 2.58 bits per heavy atom. The van der Waals surface area contributed by atoms with Crippen LogP contribution in [0.25, 0.3) is 0 Å². The van der Waals surface area contributed by atoms with E-state index in [1.165, 1.54) is 6.42 Å². The normalized spacial score (nSPS) is 27.5. The molecular weight excluding hydrogens is 260 g/mol. The minimum Gasteiger partial charge on any atom is -0.317 e. The van der Waals surface area contributed by atoms with Gasteiger partial charge in [0.25, 0.3) is 0 Å². The number of hydrogen-bond donors (Lipinski definition) is 1. The second kappa shape index (κ2) is 7.04. The van der Waals surface area contributed by atoms with Gasteiger partial charge in [-0.2, -0.15) is 0 Å². The van der Waals surface area contributed by atoms with E-state index in [1.807, 2.05) is 0 Å². The van der Waals surface area contributed by atoms with Crippen molar-refractivity contribution in [2.75, 3.05) is 31.9 Å². The maximum atomic E-state index is 12.4. The zero-order valence-corrected chi connectivity index (χ0v) is 12.9. The molecule has 0 aromatic rings. The minimum absolute atomic E-state index is 0.355. The number of rotatable bonds is 5. The van der Waals surface area contributed by atoms with E-state index in [0.717, 1.165) is 58.3 Å². The SMILES string of the molecule is CCC1CCCN(S(=O)(=O)CCC2CCNCC2)C1. The maximum Gasteiger partial charge on any atom is 0.214 e. The molecule has 112 valence electrons. The number of nitrogens with one attached hydrogen (secondary N) is 1. The molecule has 1 N–H and O–H groups in total. The van der Waals surface area contributed by atoms with Crippen molar-refractivity contribution in [1.29, 1.82) is 0 Å². The molecule has 1 unspecified atom stereocenters. The fourth-order valence-corrected chi connectivity index (χ4v) is 4.96. The molecule has 2 aliphatic rings. The molecule has 0 aromatic heterocycles. The van der Waals surface area contributed by atoms with E-state index in [9.17, 15) is 8.42 Å². The van der Waals surface area contributed by atoms with Crippen LogP contribution in [0.3, 0.4) is 0 Å². The molecule has 0 aliphatic carbocycles. The largest absolute Gasteiger partial charge is 0.317 e. The van der Waals surface area contributed by atoms with Gasteiger partial charge in [0.05, 0.1) is 5.75 Å². The maximum absolute atomic E-state index is 12.4. The van der Waals surface area contributed by atoms with Crippen molar-refractivity contribution in [3.63, 3.8) is 0 Å². The van der Waals surface area contributed by atoms with Crippen LogP contribution in [0.5, 0.6) is 0 Å². The third kappa shape index (κ3) is 4.43. The zero-order valence-electron chi connectivity index (χ0n) is 12.1. The van der Waals surface area contributed by atoms with Crippen molar-refractivity contribution < 1.29 is 8.42 Å². The third-order valence-corrected chi connectivity index (χ3v) is 6.57. The molecule has 2 aliphatic heterocycles. The summed E-state index contributed by atoms with van der Waals surface area (Å²) in [6.45, 7) is 5.75. The second-order valence-electron chi connectivity index (χ2n) is 6.07. The third-order valence-electron chi connectivity index (χ3n) is 4.70. The quantitative estimate of drug-likeness (QED) is 0.839. The lowest BCUT2D eigenvalue weighted by Gasteiger charge is -2.32. The van der Waals surface area contributed by atoms with E-state index in [0.29, 0.717) is 17.6 Å². The summed E-state index contributed by atoms with van der Waals surface area (Å²) in [5.41, 5.74) is 0. The van der Waals surface area contributed by atoms with E-state index in [1.54, 1.807) is 4.31 Å². The molecule has 4 nitrogen and oxygen atoms in total. The molecule has 19 heavy (non-hydrogen) atoms. The van der Waals surface area contributed by atoms with Gasteiger partial charge in [0, 0.05) is 13.1 Å². The molecule has 0 amide bonds. The van der Waals surface area contributed by atoms with Gasteiger partial charge < -0.3 is 5.32 Å². The first-order chi connectivity index (χ1) is 9.12. The van der Waals surface area contributed by atoms with Gasteiger partial charge in [-0.05, 0) is 57.0 Å². The van der Waals surface area contributed by atoms with Gasteiger partial charge >= 0.3 is 0 Å². The highest BCUT2D eigenvalue weighted by Gasteiger charge is 2.28. The first-order valence-corrected chi connectivity index (χ1v) is 9.41. The Kier molecular flexibility index (Phi) is 5.66. The van der Waals surface area contributed by atoms with Gasteiger partial charge in [0.2, 0.25) is 10.0 Å². The molecule has 1 atom stereocenters. The summed E-state index contributed by atoms with van der Waals surface area (Å²) in [6.07, 6.45) is 6.43. The number of sulfonamides is 1. The van der Waals surface area contributed by atoms with Gasteiger partial charge in [-0.25, -0.2) is 12.7 Å². The predicted octanol–water partition coefficient (Wildman–Crippen LogP) is 1.83. The van der Waals surface area contributed by atoms with Crippen LogP contribution < -0.4 is 5.32 Å². The molecule has 0 aromatic carbocycles. The molecule has 0 radical (unpaired) electrons. The van der Waals surface area contributed by atoms with Crippen LogP contribution in [0.1, 0.15) is 45.4 Å². The smallest absolute Gasteiger partial charge is 0.214 e. The Balaban J connectivity index is 1.83. The molecule has 2 heterocycles. The topological polar surface area (TPSA) is 49.4 Å². The summed E-state index contributed by atoms with van der Waals surface area (Å²) >= 11 is 0. The summed E-state index contributed by atoms with van der Waals surface area (Å²) in [6, 6.07) is 0. The summed E-state index contributed by atoms with van der Waals surface area (Å²) in [4.78, 5) is 0. The van der Waals surface area contributed by atoms with Crippen LogP contribution in [-0.4, -0.2) is 44.7 Å². The van der Waals surface area contributed by atoms with Crippen LogP contribution in [-0.2, 0) is 10.0 Å². The fraction of sp³-hybridized carbons (Fsp3) is 1.00. The lowest BCUT2D eigenvalue weighted by atomic mass is 9.96. The van der Waals surface area contributed by atoms with Crippen molar-refractivity contribution in [2.24, 2.45) is 11.8 Å². The highest BCUT2D eigenvalue weighted by Crippen LogP contribution is 2.23. The lowest BCUT2D eigenvalue weighted by molar-refractivity contribution is 0.260. The summed E-state index contributed by atoms with van der Waals surface area (Å²) in [7, 11) is -3.01. The van der Waals surface area contributed by atoms with Gasteiger partial charge in [0.1, 0.15) is 0 Å². The Morgan fingerprint density at radius 1 is 1.16 bits per heavy atom. The van der Waals surface area contributed by atoms with E-state index in [4.69, 9.17) is 0 Å². The Morgan fingerprint density at radius 2 is 1.89 bits per heavy atom. The average molecular weight is 288 g/mol. The van der Waals surface area contributed by atoms with Gasteiger partial charge in [-0.1, -0.05) is 13.3 Å². The standard InChI is InChI=1S/C14H28N2O2S/c1-2-13-4-3-10-16(12-13)19(17,18)11-7-14-5-8-15-9-6-14/h13-15H,2-12H2,1H3. The Bertz CT molecular complexity index is 364. The van der Waals surface area contributed by atoms with Gasteiger partial charge in [-0.3, -0.25) is 0 Å². The monoisotopic (exact) mass is 288 g/mol. The van der Waals surface area contributed by atoms with Crippen molar-refractivity contribution in [2.45, 2.75) is 45.4 Å². The molecule has 2 fully saturated rings. The van der Waals surface area contributed by atoms with E-state index < -0.39 is 10.0 Å². The molecule has 5 heteroatoms. The summed E-state index contributed by atoms with van der Waals surface area (Å²) in [5, 5.41) is 3.33. The number of nitrogens with zero attached hydrogens (tertiary/aromatic N) is 1. The lowest BCUT2D eigenvalue weighted by Crippen LogP contribution is -2.41. The summed E-state index contributed by atoms with van der Waals surface area (Å²) in [5.74, 6) is 1.53. The molecule has 0 bridgehead atoms. The first kappa shape index (κ1) is 15.3. The number of piperidine rings is 2. The highest BCUT2D eigenvalue weighted by molar-refractivity contribution is 7.89. The van der Waals surface area contributed by atoms with Crippen molar-refractivity contribution in [3.05, 3.63) is 0 Å². The highest BCUT2D eigenvalue weighted by atomic mass is 32.2. The van der Waals surface area contributed by atoms with Crippen LogP contribution in [0.15, 0.2) is 0 Å². The second-order valence-corrected chi connectivity index (χ2v) is 8.16. The predicted molar refractivity (Wildman–Crippen MR) is 78.6 cm³/mol. The first-order valence-electron chi connectivity index (χ1n) is 7.80. The van der Waals surface area contributed by atoms with Crippen LogP contribution in [0, 0.1) is 11.8 Å². The van der Waals surface area contributed by atoms with Gasteiger partial charge in [-0.15, -0.1) is 0 Å². The van der Waals surface area contributed by atoms with E-state index in [2.05, 4.69) is 12.2 Å². The van der Waals surface area contributed by atoms with Crippen LogP contribution in [0.2, 0.25) is 0 Å². The van der Waals surface area contributed by atoms with E-state index >= 15 is 0 Å². The van der Waals surface area contributed by atoms with Crippen LogP contribution >= 0.6 is 0 Å². The molecule has 2 saturated heterocycles. The molecule has 0 spiro atoms. The van der Waals surface area contributed by atoms with Crippen LogP contribution in [0.4, 0.5) is 0 Å². The van der Waals surface area contributed by atoms with Crippen molar-refractivity contribution in [1.82, 2.24) is 9.62 Å². The van der Waals surface area contributed by atoms with E-state index in [-0.39, 0.29) is 0 Å². The molecule has 0 saturated carbocycles. The Hall–Kier alpha value is -0.130. The molecular formula is C14H28N2O2S. The van der Waals surface area contributed by atoms with Crippen molar-refractivity contribution in [3.8, 4) is 0 Å². The van der Waals surface area contributed by atoms with Crippen molar-refractivity contribution >= 4 is 10.0 Å². The van der Waals surface area contributed by atoms with Gasteiger partial charge in [0.15, 0.2) is 0 Å². The minimum atomic E-state index is -3.01.